The second-order valence-corrected chi connectivity index (χ2v) is 8.75. The lowest BCUT2D eigenvalue weighted by molar-refractivity contribution is 0.0360. The third-order valence-electron chi connectivity index (χ3n) is 6.69. The molecule has 0 radical (unpaired) electrons. The minimum absolute atomic E-state index is 0.402. The number of hydrogen-bond donors (Lipinski definition) is 0. The van der Waals surface area contributed by atoms with Crippen LogP contribution in [0.5, 0.6) is 0 Å². The van der Waals surface area contributed by atoms with Crippen LogP contribution in [0.2, 0.25) is 0 Å². The molecule has 5 rings (SSSR count). The van der Waals surface area contributed by atoms with Gasteiger partial charge in [-0.2, -0.15) is 0 Å². The SMILES string of the molecule is CC1=CC=C(OC2CCCC2)N([C@@H]2CCc3cccc(-c4ccncc4)c3C2)C1. The smallest absolute Gasteiger partial charge is 0.190 e. The van der Waals surface area contributed by atoms with Crippen LogP contribution in [0.1, 0.15) is 50.2 Å². The molecule has 29 heavy (non-hydrogen) atoms. The predicted octanol–water partition coefficient (Wildman–Crippen LogP) is 5.67. The summed E-state index contributed by atoms with van der Waals surface area (Å²) in [5.41, 5.74) is 7.05. The molecule has 1 atom stereocenters. The standard InChI is InChI=1S/C26H30N2O/c1-19-9-12-26(29-23-6-2-3-7-23)28(18-19)22-11-10-20-5-4-8-24(25(20)17-22)21-13-15-27-16-14-21/h4-5,8-9,12-16,22-23H,2-3,6-7,10-11,17-18H2,1H3/t22-/m1/s1. The first kappa shape index (κ1) is 18.5. The van der Waals surface area contributed by atoms with Crippen molar-refractivity contribution in [3.63, 3.8) is 0 Å². The number of ether oxygens (including phenoxy) is 1. The molecule has 0 saturated heterocycles. The van der Waals surface area contributed by atoms with Crippen molar-refractivity contribution in [1.82, 2.24) is 9.88 Å². The van der Waals surface area contributed by atoms with Crippen molar-refractivity contribution in [2.75, 3.05) is 6.54 Å². The molecular weight excluding hydrogens is 356 g/mol. The van der Waals surface area contributed by atoms with Crippen LogP contribution in [0, 0.1) is 0 Å². The second-order valence-electron chi connectivity index (χ2n) is 8.75. The molecule has 0 amide bonds. The van der Waals surface area contributed by atoms with Crippen molar-refractivity contribution in [3.8, 4) is 11.1 Å². The lowest BCUT2D eigenvalue weighted by atomic mass is 9.83. The number of fused-ring (bicyclic) bond motifs is 1. The average molecular weight is 387 g/mol. The van der Waals surface area contributed by atoms with E-state index in [4.69, 9.17) is 4.74 Å². The quantitative estimate of drug-likeness (QED) is 0.677. The van der Waals surface area contributed by atoms with E-state index in [2.05, 4.69) is 59.3 Å². The van der Waals surface area contributed by atoms with Crippen LogP contribution >= 0.6 is 0 Å². The zero-order chi connectivity index (χ0) is 19.6. The van der Waals surface area contributed by atoms with Crippen LogP contribution in [-0.4, -0.2) is 28.6 Å². The fourth-order valence-electron chi connectivity index (χ4n) is 5.14. The fraction of sp³-hybridized carbons (Fsp3) is 0.423. The first-order valence-electron chi connectivity index (χ1n) is 11.1. The molecule has 1 aromatic heterocycles. The van der Waals surface area contributed by atoms with Gasteiger partial charge >= 0.3 is 0 Å². The van der Waals surface area contributed by atoms with Crippen LogP contribution in [0.25, 0.3) is 11.1 Å². The highest BCUT2D eigenvalue weighted by atomic mass is 16.5. The third kappa shape index (κ3) is 3.83. The van der Waals surface area contributed by atoms with Gasteiger partial charge in [-0.3, -0.25) is 4.98 Å². The summed E-state index contributed by atoms with van der Waals surface area (Å²) in [6.07, 6.45) is 17.0. The Morgan fingerprint density at radius 3 is 2.66 bits per heavy atom. The Hall–Kier alpha value is -2.55. The van der Waals surface area contributed by atoms with E-state index in [0.29, 0.717) is 12.1 Å². The van der Waals surface area contributed by atoms with E-state index < -0.39 is 0 Å². The monoisotopic (exact) mass is 386 g/mol. The van der Waals surface area contributed by atoms with Gasteiger partial charge in [0.05, 0.1) is 0 Å². The Bertz CT molecular complexity index is 925. The number of benzene rings is 1. The third-order valence-corrected chi connectivity index (χ3v) is 6.69. The summed E-state index contributed by atoms with van der Waals surface area (Å²) in [5.74, 6) is 1.09. The molecule has 1 aliphatic heterocycles. The van der Waals surface area contributed by atoms with Gasteiger partial charge in [-0.25, -0.2) is 0 Å². The van der Waals surface area contributed by atoms with E-state index in [1.807, 2.05) is 12.4 Å². The Morgan fingerprint density at radius 1 is 1.00 bits per heavy atom. The lowest BCUT2D eigenvalue weighted by Gasteiger charge is -2.40. The van der Waals surface area contributed by atoms with Gasteiger partial charge < -0.3 is 9.64 Å². The zero-order valence-electron chi connectivity index (χ0n) is 17.3. The van der Waals surface area contributed by atoms with Crippen molar-refractivity contribution < 1.29 is 4.74 Å². The molecule has 1 fully saturated rings. The van der Waals surface area contributed by atoms with Crippen LogP contribution < -0.4 is 0 Å². The van der Waals surface area contributed by atoms with Gasteiger partial charge in [0.2, 0.25) is 0 Å². The van der Waals surface area contributed by atoms with Gasteiger partial charge in [0.15, 0.2) is 5.88 Å². The predicted molar refractivity (Wildman–Crippen MR) is 117 cm³/mol. The first-order chi connectivity index (χ1) is 14.3. The highest BCUT2D eigenvalue weighted by Gasteiger charge is 2.30. The van der Waals surface area contributed by atoms with Gasteiger partial charge in [-0.1, -0.05) is 29.8 Å². The maximum atomic E-state index is 6.50. The molecule has 0 unspecified atom stereocenters. The maximum Gasteiger partial charge on any atom is 0.190 e. The summed E-state index contributed by atoms with van der Waals surface area (Å²) in [6.45, 7) is 3.21. The topological polar surface area (TPSA) is 25.4 Å². The molecule has 3 heteroatoms. The molecule has 0 spiro atoms. The van der Waals surface area contributed by atoms with Crippen molar-refractivity contribution in [2.45, 2.75) is 64.0 Å². The van der Waals surface area contributed by atoms with E-state index in [1.54, 1.807) is 0 Å². The Morgan fingerprint density at radius 2 is 1.83 bits per heavy atom. The largest absolute Gasteiger partial charge is 0.476 e. The second kappa shape index (κ2) is 8.06. The molecule has 150 valence electrons. The van der Waals surface area contributed by atoms with Gasteiger partial charge in [0.25, 0.3) is 0 Å². The molecular formula is C26H30N2O. The minimum atomic E-state index is 0.402. The Balaban J connectivity index is 1.42. The first-order valence-corrected chi connectivity index (χ1v) is 11.1. The normalized spacial score (nSPS) is 22.1. The molecule has 1 aromatic carbocycles. The van der Waals surface area contributed by atoms with Crippen LogP contribution in [-0.2, 0) is 17.6 Å². The van der Waals surface area contributed by atoms with E-state index in [1.165, 1.54) is 59.9 Å². The molecule has 2 aliphatic carbocycles. The number of rotatable bonds is 4. The molecule has 2 aromatic rings. The van der Waals surface area contributed by atoms with Crippen LogP contribution in [0.4, 0.5) is 0 Å². The van der Waals surface area contributed by atoms with E-state index in [9.17, 15) is 0 Å². The molecule has 3 nitrogen and oxygen atoms in total. The van der Waals surface area contributed by atoms with Gasteiger partial charge in [0, 0.05) is 25.0 Å². The molecule has 0 bridgehead atoms. The number of aromatic nitrogens is 1. The van der Waals surface area contributed by atoms with Crippen LogP contribution in [0.15, 0.2) is 66.3 Å². The highest BCUT2D eigenvalue weighted by molar-refractivity contribution is 5.69. The summed E-state index contributed by atoms with van der Waals surface area (Å²) in [4.78, 5) is 6.74. The van der Waals surface area contributed by atoms with Crippen molar-refractivity contribution >= 4 is 0 Å². The van der Waals surface area contributed by atoms with Gasteiger partial charge in [0.1, 0.15) is 6.10 Å². The van der Waals surface area contributed by atoms with E-state index in [0.717, 1.165) is 25.3 Å². The van der Waals surface area contributed by atoms with Gasteiger partial charge in [-0.15, -0.1) is 0 Å². The number of allylic oxidation sites excluding steroid dienone is 2. The fourth-order valence-corrected chi connectivity index (χ4v) is 5.14. The maximum absolute atomic E-state index is 6.50. The van der Waals surface area contributed by atoms with E-state index in [-0.39, 0.29) is 0 Å². The number of nitrogens with zero attached hydrogens (tertiary/aromatic N) is 2. The summed E-state index contributed by atoms with van der Waals surface area (Å²) >= 11 is 0. The number of pyridine rings is 1. The summed E-state index contributed by atoms with van der Waals surface area (Å²) in [7, 11) is 0. The molecule has 2 heterocycles. The number of aryl methyl sites for hydroxylation is 1. The summed E-state index contributed by atoms with van der Waals surface area (Å²) in [5, 5.41) is 0. The average Bonchev–Trinajstić information content (AvgIpc) is 3.28. The van der Waals surface area contributed by atoms with Crippen molar-refractivity contribution in [1.29, 1.82) is 0 Å². The summed E-state index contributed by atoms with van der Waals surface area (Å²) in [6, 6.07) is 11.5. The molecule has 0 N–H and O–H groups in total. The zero-order valence-corrected chi connectivity index (χ0v) is 17.3. The lowest BCUT2D eigenvalue weighted by Crippen LogP contribution is -2.42. The van der Waals surface area contributed by atoms with Crippen LogP contribution in [0.3, 0.4) is 0 Å². The van der Waals surface area contributed by atoms with Crippen molar-refractivity contribution in [3.05, 3.63) is 77.5 Å². The number of hydrogen-bond acceptors (Lipinski definition) is 3. The van der Waals surface area contributed by atoms with E-state index >= 15 is 0 Å². The Labute approximate surface area is 174 Å². The summed E-state index contributed by atoms with van der Waals surface area (Å²) < 4.78 is 6.50. The highest BCUT2D eigenvalue weighted by Crippen LogP contribution is 2.36. The Kier molecular flexibility index (Phi) is 5.13. The molecule has 3 aliphatic rings. The van der Waals surface area contributed by atoms with Crippen molar-refractivity contribution in [2.24, 2.45) is 0 Å². The molecule has 1 saturated carbocycles. The van der Waals surface area contributed by atoms with Gasteiger partial charge in [-0.05, 0) is 92.3 Å². The minimum Gasteiger partial charge on any atom is -0.476 e.